The normalized spacial score (nSPS) is 12.8. The Bertz CT molecular complexity index is 1550. The van der Waals surface area contributed by atoms with Crippen LogP contribution in [0.3, 0.4) is 0 Å². The Hall–Kier alpha value is -4.81. The predicted molar refractivity (Wildman–Crippen MR) is 231 cm³/mol. The van der Waals surface area contributed by atoms with Crippen molar-refractivity contribution in [3.8, 4) is 0 Å². The standard InChI is InChI=1S/C43H73N7O11/c1-29(2)34(50-38(55)43(9,10)18-23-58-22-17-33(51)41(3,4)5)36(53)49-32(12-11-19-46-39(44)56)35(52)48-31-15-13-30(14-16-31)28-61-40(57)47-21-25-60-27-26-59-24-20-45-37(54)42(6,7)8/h13-16,29,32,34H,11-12,17-28H2,1-10H3,(H,45,54)(H,47,57)(H,48,52)(H,49,53)(H,50,55)(H3,44,46,56)/t32-,34?/m1/s1. The smallest absolute Gasteiger partial charge is 0.407 e. The van der Waals surface area contributed by atoms with Crippen LogP contribution in [0.15, 0.2) is 24.3 Å². The van der Waals surface area contributed by atoms with Gasteiger partial charge in [-0.15, -0.1) is 0 Å². The summed E-state index contributed by atoms with van der Waals surface area (Å²) < 4.78 is 21.8. The van der Waals surface area contributed by atoms with Gasteiger partial charge in [-0.05, 0) is 42.9 Å². The third-order valence-electron chi connectivity index (χ3n) is 9.33. The molecule has 0 saturated carbocycles. The molecule has 1 rings (SSSR count). The van der Waals surface area contributed by atoms with E-state index in [1.807, 2.05) is 41.5 Å². The van der Waals surface area contributed by atoms with Crippen LogP contribution < -0.4 is 37.6 Å². The Morgan fingerprint density at radius 1 is 0.656 bits per heavy atom. The zero-order valence-electron chi connectivity index (χ0n) is 38.0. The molecule has 0 fully saturated rings. The number of alkyl carbamates (subject to hydrolysis) is 1. The van der Waals surface area contributed by atoms with Crippen molar-refractivity contribution in [3.63, 3.8) is 0 Å². The highest BCUT2D eigenvalue weighted by atomic mass is 16.5. The number of Topliss-reactive ketones (excluding diaryl/α,β-unsaturated/α-hetero) is 1. The number of urea groups is 1. The summed E-state index contributed by atoms with van der Waals surface area (Å²) in [6.07, 6.45) is 0.454. The molecule has 0 bridgehead atoms. The van der Waals surface area contributed by atoms with Gasteiger partial charge in [-0.1, -0.05) is 81.4 Å². The van der Waals surface area contributed by atoms with Gasteiger partial charge in [0.1, 0.15) is 24.5 Å². The average molecular weight is 864 g/mol. The van der Waals surface area contributed by atoms with Crippen molar-refractivity contribution in [2.24, 2.45) is 27.9 Å². The summed E-state index contributed by atoms with van der Waals surface area (Å²) in [5, 5.41) is 16.3. The summed E-state index contributed by atoms with van der Waals surface area (Å²) in [5.41, 5.74) is 4.45. The Morgan fingerprint density at radius 3 is 1.80 bits per heavy atom. The van der Waals surface area contributed by atoms with Crippen LogP contribution in [0.1, 0.15) is 100 Å². The van der Waals surface area contributed by atoms with E-state index in [0.717, 1.165) is 0 Å². The highest BCUT2D eigenvalue weighted by molar-refractivity contribution is 5.98. The van der Waals surface area contributed by atoms with Gasteiger partial charge in [0, 0.05) is 54.6 Å². The molecule has 1 aromatic rings. The van der Waals surface area contributed by atoms with Crippen molar-refractivity contribution in [2.75, 3.05) is 64.6 Å². The predicted octanol–water partition coefficient (Wildman–Crippen LogP) is 3.56. The van der Waals surface area contributed by atoms with Crippen LogP contribution in [-0.4, -0.2) is 113 Å². The molecule has 0 aliphatic heterocycles. The fraction of sp³-hybridized carbons (Fsp3) is 0.698. The second kappa shape index (κ2) is 27.2. The lowest BCUT2D eigenvalue weighted by Crippen LogP contribution is -2.56. The van der Waals surface area contributed by atoms with Crippen LogP contribution in [0.4, 0.5) is 15.3 Å². The number of anilines is 1. The minimum atomic E-state index is -1.03. The minimum Gasteiger partial charge on any atom is -0.445 e. The average Bonchev–Trinajstić information content (AvgIpc) is 3.16. The van der Waals surface area contributed by atoms with Gasteiger partial charge in [0.15, 0.2) is 0 Å². The maximum Gasteiger partial charge on any atom is 0.407 e. The first-order valence-corrected chi connectivity index (χ1v) is 20.9. The van der Waals surface area contributed by atoms with E-state index >= 15 is 0 Å². The third kappa shape index (κ3) is 23.7. The van der Waals surface area contributed by atoms with Gasteiger partial charge in [0.05, 0.1) is 33.0 Å². The highest BCUT2D eigenvalue weighted by Gasteiger charge is 2.34. The lowest BCUT2D eigenvalue weighted by Gasteiger charge is -2.30. The minimum absolute atomic E-state index is 0.0311. The van der Waals surface area contributed by atoms with Crippen LogP contribution in [0.2, 0.25) is 0 Å². The second-order valence-corrected chi connectivity index (χ2v) is 17.8. The topological polar surface area (TPSA) is 255 Å². The Kier molecular flexibility index (Phi) is 24.2. The van der Waals surface area contributed by atoms with Gasteiger partial charge < -0.3 is 56.6 Å². The van der Waals surface area contributed by atoms with Crippen LogP contribution in [0.5, 0.6) is 0 Å². The molecule has 0 heterocycles. The first kappa shape index (κ1) is 54.2. The first-order valence-electron chi connectivity index (χ1n) is 20.9. The zero-order chi connectivity index (χ0) is 46.2. The van der Waals surface area contributed by atoms with E-state index in [2.05, 4.69) is 31.9 Å². The third-order valence-corrected chi connectivity index (χ3v) is 9.33. The fourth-order valence-electron chi connectivity index (χ4n) is 5.17. The first-order chi connectivity index (χ1) is 28.4. The lowest BCUT2D eigenvalue weighted by atomic mass is 9.87. The molecule has 0 aromatic heterocycles. The molecule has 0 spiro atoms. The van der Waals surface area contributed by atoms with Gasteiger partial charge in [0.2, 0.25) is 23.6 Å². The number of nitrogens with two attached hydrogens (primary N) is 1. The molecule has 2 atom stereocenters. The molecule has 7 amide bonds. The highest BCUT2D eigenvalue weighted by Crippen LogP contribution is 2.22. The van der Waals surface area contributed by atoms with Crippen molar-refractivity contribution in [1.82, 2.24) is 26.6 Å². The van der Waals surface area contributed by atoms with Crippen molar-refractivity contribution < 1.29 is 52.5 Å². The molecule has 18 nitrogen and oxygen atoms in total. The molecule has 61 heavy (non-hydrogen) atoms. The second-order valence-electron chi connectivity index (χ2n) is 17.8. The molecule has 0 radical (unpaired) electrons. The number of ether oxygens (including phenoxy) is 4. The molecule has 0 aliphatic carbocycles. The fourth-order valence-corrected chi connectivity index (χ4v) is 5.17. The number of carbonyl (C=O) groups excluding carboxylic acids is 7. The van der Waals surface area contributed by atoms with Crippen LogP contribution in [0, 0.1) is 22.2 Å². The number of ketones is 1. The number of hydrogen-bond acceptors (Lipinski definition) is 11. The number of nitrogens with one attached hydrogen (secondary N) is 6. The Morgan fingerprint density at radius 2 is 1.25 bits per heavy atom. The summed E-state index contributed by atoms with van der Waals surface area (Å²) in [6, 6.07) is 3.88. The lowest BCUT2D eigenvalue weighted by molar-refractivity contribution is -0.136. The molecular formula is C43H73N7O11. The number of primary amides is 1. The summed E-state index contributed by atoms with van der Waals surface area (Å²) in [7, 11) is 0. The molecule has 346 valence electrons. The van der Waals surface area contributed by atoms with E-state index in [9.17, 15) is 33.6 Å². The van der Waals surface area contributed by atoms with Crippen molar-refractivity contribution in [2.45, 2.75) is 114 Å². The van der Waals surface area contributed by atoms with Gasteiger partial charge in [-0.2, -0.15) is 0 Å². The summed E-state index contributed by atoms with van der Waals surface area (Å²) >= 11 is 0. The van der Waals surface area contributed by atoms with Crippen molar-refractivity contribution >= 4 is 47.2 Å². The van der Waals surface area contributed by atoms with Crippen LogP contribution in [0.25, 0.3) is 0 Å². The maximum absolute atomic E-state index is 13.6. The molecule has 18 heteroatoms. The van der Waals surface area contributed by atoms with E-state index in [1.54, 1.807) is 52.0 Å². The molecule has 0 saturated heterocycles. The molecule has 1 aromatic carbocycles. The van der Waals surface area contributed by atoms with Gasteiger partial charge >= 0.3 is 12.1 Å². The number of carbonyl (C=O) groups is 7. The van der Waals surface area contributed by atoms with Gasteiger partial charge in [-0.3, -0.25) is 24.0 Å². The van der Waals surface area contributed by atoms with E-state index in [-0.39, 0.29) is 75.9 Å². The molecule has 8 N–H and O–H groups in total. The Labute approximate surface area is 361 Å². The SMILES string of the molecule is CC(C)C(NC(=O)C(C)(C)CCOCCC(=O)C(C)(C)C)C(=O)N[C@H](CCCNC(N)=O)C(=O)Nc1ccc(COC(=O)NCCOCCOCCNC(=O)C(C)(C)C)cc1. The maximum atomic E-state index is 13.6. The number of amides is 7. The Balaban J connectivity index is 2.66. The van der Waals surface area contributed by atoms with Crippen LogP contribution >= 0.6 is 0 Å². The summed E-state index contributed by atoms with van der Waals surface area (Å²) in [6.45, 7) is 20.7. The number of hydrogen-bond donors (Lipinski definition) is 7. The number of rotatable bonds is 28. The largest absolute Gasteiger partial charge is 0.445 e. The zero-order valence-corrected chi connectivity index (χ0v) is 38.0. The number of benzene rings is 1. The van der Waals surface area contributed by atoms with Crippen molar-refractivity contribution in [3.05, 3.63) is 29.8 Å². The van der Waals surface area contributed by atoms with Crippen LogP contribution in [-0.2, 0) is 49.5 Å². The van der Waals surface area contributed by atoms with E-state index in [4.69, 9.17) is 24.7 Å². The molecule has 1 unspecified atom stereocenters. The van der Waals surface area contributed by atoms with Gasteiger partial charge in [-0.25, -0.2) is 9.59 Å². The molecule has 0 aliphatic rings. The summed E-state index contributed by atoms with van der Waals surface area (Å²) in [5.74, 6) is -1.74. The van der Waals surface area contributed by atoms with E-state index in [0.29, 0.717) is 50.5 Å². The van der Waals surface area contributed by atoms with Gasteiger partial charge in [0.25, 0.3) is 0 Å². The van der Waals surface area contributed by atoms with Crippen molar-refractivity contribution in [1.29, 1.82) is 0 Å². The molecular weight excluding hydrogens is 791 g/mol. The monoisotopic (exact) mass is 864 g/mol. The van der Waals surface area contributed by atoms with E-state index < -0.39 is 52.3 Å². The summed E-state index contributed by atoms with van der Waals surface area (Å²) in [4.78, 5) is 88.0. The van der Waals surface area contributed by atoms with E-state index in [1.165, 1.54) is 0 Å². The quantitative estimate of drug-likeness (QED) is 0.0600.